The second-order valence-corrected chi connectivity index (χ2v) is 3.89. The van der Waals surface area contributed by atoms with Crippen LogP contribution in [0.3, 0.4) is 0 Å². The Hall–Kier alpha value is -0.810. The Morgan fingerprint density at radius 3 is 2.36 bits per heavy atom. The molecule has 2 rings (SSSR count). The maximum absolute atomic E-state index is 11.3. The summed E-state index contributed by atoms with van der Waals surface area (Å²) in [6.45, 7) is 5.96. The van der Waals surface area contributed by atoms with Gasteiger partial charge < -0.3 is 15.5 Å². The fourth-order valence-corrected chi connectivity index (χ4v) is 1.98. The maximum atomic E-state index is 11.3. The minimum atomic E-state index is 0.0522. The van der Waals surface area contributed by atoms with E-state index in [0.29, 0.717) is 6.04 Å². The summed E-state index contributed by atoms with van der Waals surface area (Å²) in [5.41, 5.74) is 0. The average molecular weight is 198 g/mol. The van der Waals surface area contributed by atoms with Gasteiger partial charge in [-0.1, -0.05) is 0 Å². The maximum Gasteiger partial charge on any atom is 0.317 e. The highest BCUT2D eigenvalue weighted by atomic mass is 16.2. The van der Waals surface area contributed by atoms with Crippen LogP contribution in [0.1, 0.15) is 0 Å². The zero-order valence-corrected chi connectivity index (χ0v) is 8.62. The van der Waals surface area contributed by atoms with E-state index in [4.69, 9.17) is 0 Å². The van der Waals surface area contributed by atoms with Crippen LogP contribution < -0.4 is 10.6 Å². The van der Waals surface area contributed by atoms with E-state index in [1.807, 2.05) is 4.90 Å². The van der Waals surface area contributed by atoms with Gasteiger partial charge >= 0.3 is 6.03 Å². The smallest absolute Gasteiger partial charge is 0.317 e. The van der Waals surface area contributed by atoms with Crippen LogP contribution in [-0.4, -0.2) is 68.2 Å². The first-order chi connectivity index (χ1) is 6.81. The summed E-state index contributed by atoms with van der Waals surface area (Å²) in [6.07, 6.45) is 0. The molecule has 14 heavy (non-hydrogen) atoms. The average Bonchev–Trinajstić information content (AvgIpc) is 2.15. The largest absolute Gasteiger partial charge is 0.341 e. The zero-order valence-electron chi connectivity index (χ0n) is 8.62. The van der Waals surface area contributed by atoms with E-state index in [1.54, 1.807) is 7.05 Å². The molecule has 0 aromatic rings. The first kappa shape index (κ1) is 9.73. The van der Waals surface area contributed by atoms with Gasteiger partial charge in [-0.05, 0) is 0 Å². The highest BCUT2D eigenvalue weighted by Crippen LogP contribution is 2.09. The molecule has 0 aromatic heterocycles. The second-order valence-electron chi connectivity index (χ2n) is 3.89. The molecule has 2 amide bonds. The van der Waals surface area contributed by atoms with Crippen LogP contribution in [0, 0.1) is 0 Å². The van der Waals surface area contributed by atoms with Crippen LogP contribution in [0.15, 0.2) is 0 Å². The van der Waals surface area contributed by atoms with Crippen molar-refractivity contribution in [3.63, 3.8) is 0 Å². The summed E-state index contributed by atoms with van der Waals surface area (Å²) in [7, 11) is 1.69. The Morgan fingerprint density at radius 2 is 1.93 bits per heavy atom. The molecule has 0 unspecified atom stereocenters. The summed E-state index contributed by atoms with van der Waals surface area (Å²) >= 11 is 0. The van der Waals surface area contributed by atoms with Gasteiger partial charge in [-0.25, -0.2) is 4.79 Å². The molecule has 0 saturated carbocycles. The van der Waals surface area contributed by atoms with Gasteiger partial charge in [-0.2, -0.15) is 0 Å². The molecule has 0 aliphatic carbocycles. The van der Waals surface area contributed by atoms with Crippen LogP contribution in [0.5, 0.6) is 0 Å². The van der Waals surface area contributed by atoms with Crippen LogP contribution in [-0.2, 0) is 0 Å². The minimum Gasteiger partial charge on any atom is -0.341 e. The molecule has 0 spiro atoms. The quantitative estimate of drug-likeness (QED) is 0.563. The zero-order chi connectivity index (χ0) is 9.97. The monoisotopic (exact) mass is 198 g/mol. The van der Waals surface area contributed by atoms with Crippen LogP contribution >= 0.6 is 0 Å². The second kappa shape index (κ2) is 4.14. The van der Waals surface area contributed by atoms with E-state index in [-0.39, 0.29) is 6.03 Å². The number of nitrogens with zero attached hydrogens (tertiary/aromatic N) is 2. The van der Waals surface area contributed by atoms with Crippen molar-refractivity contribution in [3.05, 3.63) is 0 Å². The van der Waals surface area contributed by atoms with Crippen molar-refractivity contribution in [1.29, 1.82) is 0 Å². The Balaban J connectivity index is 1.76. The van der Waals surface area contributed by atoms with Crippen molar-refractivity contribution in [1.82, 2.24) is 20.4 Å². The number of rotatable bonds is 1. The lowest BCUT2D eigenvalue weighted by molar-refractivity contribution is 0.0849. The molecule has 0 aromatic carbocycles. The van der Waals surface area contributed by atoms with Crippen molar-refractivity contribution in [3.8, 4) is 0 Å². The number of nitrogens with one attached hydrogen (secondary N) is 2. The fraction of sp³-hybridized carbons (Fsp3) is 0.889. The number of carbonyl (C=O) groups excluding carboxylic acids is 1. The number of carbonyl (C=O) groups is 1. The van der Waals surface area contributed by atoms with E-state index in [0.717, 1.165) is 39.3 Å². The molecule has 0 bridgehead atoms. The molecule has 2 aliphatic heterocycles. The standard InChI is InChI=1S/C9H18N4O/c1-10-9(14)13-4-2-12(3-5-13)8-6-11-7-8/h8,11H,2-7H2,1H3,(H,10,14). The van der Waals surface area contributed by atoms with Gasteiger partial charge in [-0.3, -0.25) is 4.90 Å². The van der Waals surface area contributed by atoms with Gasteiger partial charge in [-0.15, -0.1) is 0 Å². The molecule has 2 saturated heterocycles. The van der Waals surface area contributed by atoms with Crippen molar-refractivity contribution in [2.24, 2.45) is 0 Å². The summed E-state index contributed by atoms with van der Waals surface area (Å²) < 4.78 is 0. The van der Waals surface area contributed by atoms with Crippen LogP contribution in [0.25, 0.3) is 0 Å². The normalized spacial score (nSPS) is 24.5. The molecule has 0 radical (unpaired) electrons. The van der Waals surface area contributed by atoms with E-state index in [1.165, 1.54) is 0 Å². The number of hydrogen-bond acceptors (Lipinski definition) is 3. The molecular weight excluding hydrogens is 180 g/mol. The van der Waals surface area contributed by atoms with Gasteiger partial charge in [0.25, 0.3) is 0 Å². The fourth-order valence-electron chi connectivity index (χ4n) is 1.98. The Morgan fingerprint density at radius 1 is 1.29 bits per heavy atom. The third-order valence-corrected chi connectivity index (χ3v) is 3.09. The SMILES string of the molecule is CNC(=O)N1CCN(C2CNC2)CC1. The number of amides is 2. The van der Waals surface area contributed by atoms with Crippen LogP contribution in [0.4, 0.5) is 4.79 Å². The lowest BCUT2D eigenvalue weighted by Crippen LogP contribution is -2.62. The van der Waals surface area contributed by atoms with E-state index < -0.39 is 0 Å². The summed E-state index contributed by atoms with van der Waals surface area (Å²) in [5, 5.41) is 5.93. The summed E-state index contributed by atoms with van der Waals surface area (Å²) in [4.78, 5) is 15.7. The van der Waals surface area contributed by atoms with Crippen molar-refractivity contribution < 1.29 is 4.79 Å². The Labute approximate surface area is 84.4 Å². The topological polar surface area (TPSA) is 47.6 Å². The molecule has 2 aliphatic rings. The lowest BCUT2D eigenvalue weighted by atomic mass is 10.1. The molecule has 5 heteroatoms. The molecule has 5 nitrogen and oxygen atoms in total. The molecule has 2 fully saturated rings. The van der Waals surface area contributed by atoms with Gasteiger partial charge in [0.05, 0.1) is 0 Å². The minimum absolute atomic E-state index is 0.0522. The van der Waals surface area contributed by atoms with Gasteiger partial charge in [0, 0.05) is 52.4 Å². The summed E-state index contributed by atoms with van der Waals surface area (Å²) in [5.74, 6) is 0. The van der Waals surface area contributed by atoms with E-state index in [2.05, 4.69) is 15.5 Å². The first-order valence-corrected chi connectivity index (χ1v) is 5.22. The summed E-state index contributed by atoms with van der Waals surface area (Å²) in [6, 6.07) is 0.762. The Kier molecular flexibility index (Phi) is 2.88. The van der Waals surface area contributed by atoms with E-state index >= 15 is 0 Å². The van der Waals surface area contributed by atoms with Crippen molar-refractivity contribution in [2.75, 3.05) is 46.3 Å². The first-order valence-electron chi connectivity index (χ1n) is 5.22. The highest BCUT2D eigenvalue weighted by Gasteiger charge is 2.28. The number of hydrogen-bond donors (Lipinski definition) is 2. The third-order valence-electron chi connectivity index (χ3n) is 3.09. The van der Waals surface area contributed by atoms with Gasteiger partial charge in [0.2, 0.25) is 0 Å². The molecule has 2 heterocycles. The number of piperazine rings is 1. The number of urea groups is 1. The van der Waals surface area contributed by atoms with Crippen molar-refractivity contribution >= 4 is 6.03 Å². The predicted octanol–water partition coefficient (Wildman–Crippen LogP) is -1.08. The third kappa shape index (κ3) is 1.83. The highest BCUT2D eigenvalue weighted by molar-refractivity contribution is 5.73. The Bertz CT molecular complexity index is 209. The predicted molar refractivity (Wildman–Crippen MR) is 54.3 cm³/mol. The van der Waals surface area contributed by atoms with Gasteiger partial charge in [0.1, 0.15) is 0 Å². The van der Waals surface area contributed by atoms with Gasteiger partial charge in [0.15, 0.2) is 0 Å². The molecule has 0 atom stereocenters. The molecule has 2 N–H and O–H groups in total. The molecule has 80 valence electrons. The van der Waals surface area contributed by atoms with E-state index in [9.17, 15) is 4.79 Å². The van der Waals surface area contributed by atoms with Crippen LogP contribution in [0.2, 0.25) is 0 Å². The molecular formula is C9H18N4O. The lowest BCUT2D eigenvalue weighted by Gasteiger charge is -2.43. The van der Waals surface area contributed by atoms with Crippen molar-refractivity contribution in [2.45, 2.75) is 6.04 Å².